The van der Waals surface area contributed by atoms with Crippen LogP contribution in [-0.2, 0) is 6.42 Å². The molecule has 3 rings (SSSR count). The predicted molar refractivity (Wildman–Crippen MR) is 80.6 cm³/mol. The Balaban J connectivity index is 1.54. The van der Waals surface area contributed by atoms with Gasteiger partial charge in [0.15, 0.2) is 11.5 Å². The second-order valence-corrected chi connectivity index (χ2v) is 6.80. The standard InChI is InChI=1S/C17H25NO2/c1-17(2,12-18-14-4-5-14)8-7-13-3-6-15-16(11-13)20-10-9-19-15/h3,6,11,14,18H,4-5,7-10,12H2,1-2H3. The Morgan fingerprint density at radius 3 is 2.65 bits per heavy atom. The summed E-state index contributed by atoms with van der Waals surface area (Å²) >= 11 is 0. The predicted octanol–water partition coefficient (Wildman–Crippen LogP) is 3.17. The van der Waals surface area contributed by atoms with Crippen LogP contribution < -0.4 is 14.8 Å². The third kappa shape index (κ3) is 3.66. The lowest BCUT2D eigenvalue weighted by Crippen LogP contribution is -2.31. The maximum Gasteiger partial charge on any atom is 0.161 e. The smallest absolute Gasteiger partial charge is 0.161 e. The molecular weight excluding hydrogens is 250 g/mol. The van der Waals surface area contributed by atoms with Gasteiger partial charge in [0.1, 0.15) is 13.2 Å². The molecule has 0 atom stereocenters. The lowest BCUT2D eigenvalue weighted by Gasteiger charge is -2.25. The van der Waals surface area contributed by atoms with Crippen molar-refractivity contribution in [2.75, 3.05) is 19.8 Å². The molecule has 1 heterocycles. The number of hydrogen-bond acceptors (Lipinski definition) is 3. The zero-order valence-corrected chi connectivity index (χ0v) is 12.6. The van der Waals surface area contributed by atoms with Crippen LogP contribution in [0.3, 0.4) is 0 Å². The minimum atomic E-state index is 0.343. The number of fused-ring (bicyclic) bond motifs is 1. The Morgan fingerprint density at radius 1 is 1.15 bits per heavy atom. The first-order chi connectivity index (χ1) is 9.62. The van der Waals surface area contributed by atoms with E-state index in [0.717, 1.165) is 30.5 Å². The van der Waals surface area contributed by atoms with Crippen LogP contribution in [-0.4, -0.2) is 25.8 Å². The molecule has 0 bridgehead atoms. The molecule has 0 saturated heterocycles. The molecule has 1 N–H and O–H groups in total. The molecule has 1 fully saturated rings. The fraction of sp³-hybridized carbons (Fsp3) is 0.647. The molecule has 3 heteroatoms. The number of rotatable bonds is 6. The fourth-order valence-corrected chi connectivity index (χ4v) is 2.52. The van der Waals surface area contributed by atoms with Crippen molar-refractivity contribution < 1.29 is 9.47 Å². The Bertz CT molecular complexity index is 466. The van der Waals surface area contributed by atoms with Gasteiger partial charge in [-0.3, -0.25) is 0 Å². The molecule has 1 saturated carbocycles. The lowest BCUT2D eigenvalue weighted by molar-refractivity contribution is 0.171. The van der Waals surface area contributed by atoms with Crippen molar-refractivity contribution in [2.45, 2.75) is 45.6 Å². The van der Waals surface area contributed by atoms with Crippen LogP contribution >= 0.6 is 0 Å². The quantitative estimate of drug-likeness (QED) is 0.865. The van der Waals surface area contributed by atoms with Gasteiger partial charge in [-0.25, -0.2) is 0 Å². The summed E-state index contributed by atoms with van der Waals surface area (Å²) in [6, 6.07) is 7.14. The van der Waals surface area contributed by atoms with E-state index in [0.29, 0.717) is 18.6 Å². The van der Waals surface area contributed by atoms with Gasteiger partial charge in [-0.15, -0.1) is 0 Å². The van der Waals surface area contributed by atoms with E-state index in [1.807, 2.05) is 6.07 Å². The second-order valence-electron chi connectivity index (χ2n) is 6.80. The first kappa shape index (κ1) is 13.7. The lowest BCUT2D eigenvalue weighted by atomic mass is 9.86. The minimum absolute atomic E-state index is 0.343. The van der Waals surface area contributed by atoms with Crippen LogP contribution in [0, 0.1) is 5.41 Å². The Morgan fingerprint density at radius 2 is 1.90 bits per heavy atom. The number of ether oxygens (including phenoxy) is 2. The van der Waals surface area contributed by atoms with E-state index >= 15 is 0 Å². The van der Waals surface area contributed by atoms with E-state index in [4.69, 9.17) is 9.47 Å². The maximum absolute atomic E-state index is 5.65. The van der Waals surface area contributed by atoms with Crippen LogP contribution in [0.2, 0.25) is 0 Å². The fourth-order valence-electron chi connectivity index (χ4n) is 2.52. The molecule has 110 valence electrons. The van der Waals surface area contributed by atoms with Crippen LogP contribution in [0.1, 0.15) is 38.7 Å². The van der Waals surface area contributed by atoms with E-state index in [1.54, 1.807) is 0 Å². The first-order valence-corrected chi connectivity index (χ1v) is 7.74. The first-order valence-electron chi connectivity index (χ1n) is 7.74. The third-order valence-corrected chi connectivity index (χ3v) is 4.14. The molecule has 20 heavy (non-hydrogen) atoms. The second kappa shape index (κ2) is 5.65. The molecule has 0 radical (unpaired) electrons. The van der Waals surface area contributed by atoms with Crippen molar-refractivity contribution in [3.05, 3.63) is 23.8 Å². The zero-order valence-electron chi connectivity index (χ0n) is 12.6. The molecular formula is C17H25NO2. The monoisotopic (exact) mass is 275 g/mol. The zero-order chi connectivity index (χ0) is 14.0. The molecule has 0 amide bonds. The molecule has 1 aliphatic carbocycles. The van der Waals surface area contributed by atoms with Crippen molar-refractivity contribution in [1.29, 1.82) is 0 Å². The summed E-state index contributed by atoms with van der Waals surface area (Å²) in [7, 11) is 0. The maximum atomic E-state index is 5.65. The van der Waals surface area contributed by atoms with Gasteiger partial charge in [-0.2, -0.15) is 0 Å². The summed E-state index contributed by atoms with van der Waals surface area (Å²) in [6.45, 7) is 7.13. The number of aryl methyl sites for hydroxylation is 1. The normalized spacial score (nSPS) is 18.1. The van der Waals surface area contributed by atoms with Crippen LogP contribution in [0.4, 0.5) is 0 Å². The van der Waals surface area contributed by atoms with Gasteiger partial charge in [-0.05, 0) is 48.8 Å². The SMILES string of the molecule is CC(C)(CCc1ccc2c(c1)OCCO2)CNC1CC1. The summed E-state index contributed by atoms with van der Waals surface area (Å²) in [5.41, 5.74) is 1.68. The summed E-state index contributed by atoms with van der Waals surface area (Å²) in [6.07, 6.45) is 5.00. The van der Waals surface area contributed by atoms with Crippen LogP contribution in [0.5, 0.6) is 11.5 Å². The largest absolute Gasteiger partial charge is 0.486 e. The third-order valence-electron chi connectivity index (χ3n) is 4.14. The highest BCUT2D eigenvalue weighted by Gasteiger charge is 2.25. The van der Waals surface area contributed by atoms with E-state index < -0.39 is 0 Å². The Kier molecular flexibility index (Phi) is 3.88. The molecule has 0 spiro atoms. The van der Waals surface area contributed by atoms with Gasteiger partial charge in [-0.1, -0.05) is 19.9 Å². The topological polar surface area (TPSA) is 30.5 Å². The minimum Gasteiger partial charge on any atom is -0.486 e. The van der Waals surface area contributed by atoms with Crippen molar-refractivity contribution in [2.24, 2.45) is 5.41 Å². The number of hydrogen-bond donors (Lipinski definition) is 1. The van der Waals surface area contributed by atoms with Gasteiger partial charge in [0, 0.05) is 12.6 Å². The van der Waals surface area contributed by atoms with E-state index in [1.165, 1.54) is 24.8 Å². The summed E-state index contributed by atoms with van der Waals surface area (Å²) in [5, 5.41) is 3.64. The summed E-state index contributed by atoms with van der Waals surface area (Å²) in [4.78, 5) is 0. The number of benzene rings is 1. The van der Waals surface area contributed by atoms with Gasteiger partial charge in [0.25, 0.3) is 0 Å². The van der Waals surface area contributed by atoms with Crippen molar-refractivity contribution in [3.8, 4) is 11.5 Å². The van der Waals surface area contributed by atoms with E-state index in [-0.39, 0.29) is 0 Å². The van der Waals surface area contributed by atoms with Gasteiger partial charge < -0.3 is 14.8 Å². The molecule has 2 aliphatic rings. The molecule has 1 aromatic rings. The molecule has 0 unspecified atom stereocenters. The highest BCUT2D eigenvalue weighted by atomic mass is 16.6. The van der Waals surface area contributed by atoms with Crippen LogP contribution in [0.25, 0.3) is 0 Å². The van der Waals surface area contributed by atoms with Gasteiger partial charge >= 0.3 is 0 Å². The van der Waals surface area contributed by atoms with Crippen LogP contribution in [0.15, 0.2) is 18.2 Å². The Labute approximate surface area is 121 Å². The summed E-state index contributed by atoms with van der Waals surface area (Å²) < 4.78 is 11.2. The number of nitrogens with one attached hydrogen (secondary N) is 1. The van der Waals surface area contributed by atoms with Crippen molar-refractivity contribution in [1.82, 2.24) is 5.32 Å². The Hall–Kier alpha value is -1.22. The molecule has 1 aliphatic heterocycles. The summed E-state index contributed by atoms with van der Waals surface area (Å²) in [5.74, 6) is 1.79. The average molecular weight is 275 g/mol. The molecule has 1 aromatic carbocycles. The highest BCUT2D eigenvalue weighted by Crippen LogP contribution is 2.32. The van der Waals surface area contributed by atoms with E-state index in [2.05, 4.69) is 31.3 Å². The highest BCUT2D eigenvalue weighted by molar-refractivity contribution is 5.43. The van der Waals surface area contributed by atoms with Crippen molar-refractivity contribution >= 4 is 0 Å². The molecule has 0 aromatic heterocycles. The van der Waals surface area contributed by atoms with Gasteiger partial charge in [0.2, 0.25) is 0 Å². The van der Waals surface area contributed by atoms with Crippen molar-refractivity contribution in [3.63, 3.8) is 0 Å². The average Bonchev–Trinajstić information content (AvgIpc) is 3.27. The van der Waals surface area contributed by atoms with Gasteiger partial charge in [0.05, 0.1) is 0 Å². The van der Waals surface area contributed by atoms with E-state index in [9.17, 15) is 0 Å². The molecule has 3 nitrogen and oxygen atoms in total.